The van der Waals surface area contributed by atoms with Crippen molar-refractivity contribution >= 4 is 29.9 Å². The van der Waals surface area contributed by atoms with Gasteiger partial charge in [0.25, 0.3) is 0 Å². The van der Waals surface area contributed by atoms with Crippen molar-refractivity contribution in [2.24, 2.45) is 4.99 Å². The highest BCUT2D eigenvalue weighted by Crippen LogP contribution is 2.04. The fourth-order valence-corrected chi connectivity index (χ4v) is 2.09. The average molecular weight is 452 g/mol. The highest BCUT2D eigenvalue weighted by molar-refractivity contribution is 14.0. The summed E-state index contributed by atoms with van der Waals surface area (Å²) in [5.41, 5.74) is 1.10. The number of rotatable bonds is 10. The van der Waals surface area contributed by atoms with E-state index in [1.807, 2.05) is 26.1 Å². The van der Waals surface area contributed by atoms with Crippen LogP contribution in [0.1, 0.15) is 18.9 Å². The molecule has 24 heavy (non-hydrogen) atoms. The number of ether oxygens (including phenoxy) is 1. The Labute approximate surface area is 162 Å². The number of nitrogens with zero attached hydrogens (tertiary/aromatic N) is 2. The van der Waals surface area contributed by atoms with Crippen molar-refractivity contribution in [2.75, 3.05) is 46.9 Å². The van der Waals surface area contributed by atoms with Crippen LogP contribution < -0.4 is 10.6 Å². The van der Waals surface area contributed by atoms with Crippen LogP contribution in [0.3, 0.4) is 0 Å². The zero-order valence-electron chi connectivity index (χ0n) is 14.8. The summed E-state index contributed by atoms with van der Waals surface area (Å²) in [5.74, 6) is 0.606. The molecule has 1 aromatic carbocycles. The molecule has 0 saturated heterocycles. The lowest BCUT2D eigenvalue weighted by molar-refractivity contribution is 0.145. The lowest BCUT2D eigenvalue weighted by atomic mass is 10.2. The Bertz CT molecular complexity index is 456. The Kier molecular flexibility index (Phi) is 13.9. The van der Waals surface area contributed by atoms with Crippen LogP contribution in [0, 0.1) is 5.82 Å². The molecule has 5 nitrogen and oxygen atoms in total. The average Bonchev–Trinajstić information content (AvgIpc) is 2.55. The number of aliphatic imine (C=N–C) groups is 1. The van der Waals surface area contributed by atoms with Gasteiger partial charge in [0.2, 0.25) is 0 Å². The summed E-state index contributed by atoms with van der Waals surface area (Å²) in [6.45, 7) is 6.82. The first kappa shape index (κ1) is 23.1. The first-order valence-electron chi connectivity index (χ1n) is 8.11. The molecule has 0 bridgehead atoms. The number of benzene rings is 1. The second kappa shape index (κ2) is 14.4. The van der Waals surface area contributed by atoms with Gasteiger partial charge in [0, 0.05) is 46.4 Å². The van der Waals surface area contributed by atoms with E-state index < -0.39 is 0 Å². The van der Waals surface area contributed by atoms with E-state index in [1.54, 1.807) is 7.05 Å². The van der Waals surface area contributed by atoms with Crippen molar-refractivity contribution in [2.45, 2.75) is 19.9 Å². The molecule has 0 radical (unpaired) electrons. The van der Waals surface area contributed by atoms with Crippen molar-refractivity contribution in [3.05, 3.63) is 35.6 Å². The molecule has 0 amide bonds. The van der Waals surface area contributed by atoms with Crippen molar-refractivity contribution in [3.8, 4) is 0 Å². The topological polar surface area (TPSA) is 48.9 Å². The third-order valence-corrected chi connectivity index (χ3v) is 3.34. The molecule has 0 spiro atoms. The van der Waals surface area contributed by atoms with Crippen LogP contribution in [0.15, 0.2) is 29.3 Å². The zero-order chi connectivity index (χ0) is 16.9. The van der Waals surface area contributed by atoms with Gasteiger partial charge in [0.1, 0.15) is 5.82 Å². The number of halogens is 2. The van der Waals surface area contributed by atoms with Crippen LogP contribution in [0.25, 0.3) is 0 Å². The molecule has 0 aliphatic rings. The minimum atomic E-state index is -0.197. The molecule has 0 fully saturated rings. The standard InChI is InChI=1S/C17H29FN4O.HI/c1-4-23-13-5-10-20-17(19-2)21-11-12-22(3)14-15-6-8-16(18)9-7-15;/h6-9H,4-5,10-14H2,1-3H3,(H2,19,20,21);1H. The summed E-state index contributed by atoms with van der Waals surface area (Å²) >= 11 is 0. The highest BCUT2D eigenvalue weighted by Gasteiger charge is 2.02. The van der Waals surface area contributed by atoms with Gasteiger partial charge in [-0.15, -0.1) is 24.0 Å². The van der Waals surface area contributed by atoms with Gasteiger partial charge < -0.3 is 20.3 Å². The van der Waals surface area contributed by atoms with Crippen LogP contribution in [-0.2, 0) is 11.3 Å². The largest absolute Gasteiger partial charge is 0.382 e. The lowest BCUT2D eigenvalue weighted by Crippen LogP contribution is -2.41. The van der Waals surface area contributed by atoms with E-state index in [4.69, 9.17) is 4.74 Å². The molecule has 0 heterocycles. The predicted molar refractivity (Wildman–Crippen MR) is 109 cm³/mol. The minimum absolute atomic E-state index is 0. The van der Waals surface area contributed by atoms with Crippen LogP contribution in [0.2, 0.25) is 0 Å². The second-order valence-electron chi connectivity index (χ2n) is 5.34. The molecule has 1 aromatic rings. The Morgan fingerprint density at radius 1 is 1.21 bits per heavy atom. The van der Waals surface area contributed by atoms with E-state index in [-0.39, 0.29) is 29.8 Å². The Morgan fingerprint density at radius 2 is 1.88 bits per heavy atom. The van der Waals surface area contributed by atoms with Gasteiger partial charge in [0.05, 0.1) is 0 Å². The minimum Gasteiger partial charge on any atom is -0.382 e. The molecule has 0 aromatic heterocycles. The predicted octanol–water partition coefficient (Wildman–Crippen LogP) is 2.47. The maximum Gasteiger partial charge on any atom is 0.191 e. The molecular weight excluding hydrogens is 422 g/mol. The summed E-state index contributed by atoms with van der Waals surface area (Å²) in [4.78, 5) is 6.37. The second-order valence-corrected chi connectivity index (χ2v) is 5.34. The molecule has 1 rings (SSSR count). The van der Waals surface area contributed by atoms with E-state index in [9.17, 15) is 4.39 Å². The van der Waals surface area contributed by atoms with Crippen molar-refractivity contribution in [1.29, 1.82) is 0 Å². The number of hydrogen-bond acceptors (Lipinski definition) is 3. The molecule has 138 valence electrons. The summed E-state index contributed by atoms with van der Waals surface area (Å²) in [5, 5.41) is 6.54. The fourth-order valence-electron chi connectivity index (χ4n) is 2.09. The SMILES string of the molecule is CCOCCCNC(=NC)NCCN(C)Cc1ccc(F)cc1.I. The number of likely N-dealkylation sites (N-methyl/N-ethyl adjacent to an activating group) is 1. The van der Waals surface area contributed by atoms with E-state index in [0.717, 1.165) is 57.3 Å². The highest BCUT2D eigenvalue weighted by atomic mass is 127. The summed E-state index contributed by atoms with van der Waals surface area (Å²) < 4.78 is 18.2. The van der Waals surface area contributed by atoms with Gasteiger partial charge in [-0.3, -0.25) is 4.99 Å². The maximum absolute atomic E-state index is 12.9. The van der Waals surface area contributed by atoms with Crippen molar-refractivity contribution < 1.29 is 9.13 Å². The Balaban J connectivity index is 0.00000529. The van der Waals surface area contributed by atoms with E-state index in [2.05, 4.69) is 20.5 Å². The van der Waals surface area contributed by atoms with Crippen molar-refractivity contribution in [3.63, 3.8) is 0 Å². The number of guanidine groups is 1. The van der Waals surface area contributed by atoms with Crippen LogP contribution in [-0.4, -0.2) is 57.8 Å². The first-order chi connectivity index (χ1) is 11.2. The van der Waals surface area contributed by atoms with Crippen LogP contribution in [0.4, 0.5) is 4.39 Å². The molecule has 0 aliphatic carbocycles. The van der Waals surface area contributed by atoms with Gasteiger partial charge in [-0.05, 0) is 38.1 Å². The monoisotopic (exact) mass is 452 g/mol. The summed E-state index contributed by atoms with van der Waals surface area (Å²) in [7, 11) is 3.81. The molecule has 0 unspecified atom stereocenters. The normalized spacial score (nSPS) is 11.3. The maximum atomic E-state index is 12.9. The van der Waals surface area contributed by atoms with Crippen LogP contribution in [0.5, 0.6) is 0 Å². The molecule has 0 atom stereocenters. The molecular formula is C17H30FIN4O. The first-order valence-corrected chi connectivity index (χ1v) is 8.11. The van der Waals surface area contributed by atoms with Gasteiger partial charge in [0.15, 0.2) is 5.96 Å². The number of hydrogen-bond donors (Lipinski definition) is 2. The molecule has 0 aliphatic heterocycles. The van der Waals surface area contributed by atoms with Gasteiger partial charge in [-0.2, -0.15) is 0 Å². The fraction of sp³-hybridized carbons (Fsp3) is 0.588. The molecule has 0 saturated carbocycles. The third kappa shape index (κ3) is 10.8. The van der Waals surface area contributed by atoms with Gasteiger partial charge in [-0.25, -0.2) is 4.39 Å². The quantitative estimate of drug-likeness (QED) is 0.248. The summed E-state index contributed by atoms with van der Waals surface area (Å²) in [6, 6.07) is 6.63. The summed E-state index contributed by atoms with van der Waals surface area (Å²) in [6.07, 6.45) is 0.957. The lowest BCUT2D eigenvalue weighted by Gasteiger charge is -2.18. The van der Waals surface area contributed by atoms with E-state index >= 15 is 0 Å². The Hall–Kier alpha value is -0.930. The van der Waals surface area contributed by atoms with E-state index in [1.165, 1.54) is 12.1 Å². The van der Waals surface area contributed by atoms with Gasteiger partial charge in [-0.1, -0.05) is 12.1 Å². The van der Waals surface area contributed by atoms with Crippen molar-refractivity contribution in [1.82, 2.24) is 15.5 Å². The van der Waals surface area contributed by atoms with Gasteiger partial charge >= 0.3 is 0 Å². The zero-order valence-corrected chi connectivity index (χ0v) is 17.2. The third-order valence-electron chi connectivity index (χ3n) is 3.34. The Morgan fingerprint density at radius 3 is 2.50 bits per heavy atom. The number of nitrogens with one attached hydrogen (secondary N) is 2. The molecule has 7 heteroatoms. The van der Waals surface area contributed by atoms with Crippen LogP contribution >= 0.6 is 24.0 Å². The molecule has 2 N–H and O–H groups in total. The smallest absolute Gasteiger partial charge is 0.191 e. The van der Waals surface area contributed by atoms with E-state index in [0.29, 0.717) is 0 Å².